The molecule has 1 saturated heterocycles. The Morgan fingerprint density at radius 1 is 1.08 bits per heavy atom. The lowest BCUT2D eigenvalue weighted by molar-refractivity contribution is -0.116. The van der Waals surface area contributed by atoms with Crippen molar-refractivity contribution >= 4 is 40.5 Å². The van der Waals surface area contributed by atoms with Gasteiger partial charge in [-0.25, -0.2) is 0 Å². The summed E-state index contributed by atoms with van der Waals surface area (Å²) in [5.74, 6) is 2.24. The number of hydrogen-bond acceptors (Lipinski definition) is 7. The molecule has 2 unspecified atom stereocenters. The second-order valence-corrected chi connectivity index (χ2v) is 10.4. The molecule has 0 aromatic heterocycles. The molecule has 0 saturated carbocycles. The molecule has 1 amide bonds. The number of carbonyl (C=O) groups excluding carboxylic acids is 2. The maximum Gasteiger partial charge on any atom is 0.247 e. The number of fused-ring (bicyclic) bond motifs is 1. The first-order valence-electron chi connectivity index (χ1n) is 12.5. The van der Waals surface area contributed by atoms with Gasteiger partial charge in [-0.1, -0.05) is 36.4 Å². The van der Waals surface area contributed by atoms with Gasteiger partial charge in [0.2, 0.25) is 5.91 Å². The normalized spacial score (nSPS) is 19.0. The van der Waals surface area contributed by atoms with Gasteiger partial charge in [-0.05, 0) is 48.4 Å². The largest absolute Gasteiger partial charge is 0.495 e. The number of ketones is 1. The minimum atomic E-state index is -0.352. The fourth-order valence-corrected chi connectivity index (χ4v) is 5.94. The summed E-state index contributed by atoms with van der Waals surface area (Å²) in [5.41, 5.74) is 5.59. The number of hydrogen-bond donors (Lipinski definition) is 3. The number of thioether (sulfide) groups is 1. The van der Waals surface area contributed by atoms with Gasteiger partial charge in [0.05, 0.1) is 30.2 Å². The third-order valence-electron chi connectivity index (χ3n) is 6.93. The Morgan fingerprint density at radius 3 is 2.73 bits per heavy atom. The molecule has 0 bridgehead atoms. The van der Waals surface area contributed by atoms with Crippen molar-refractivity contribution in [1.82, 2.24) is 5.32 Å². The summed E-state index contributed by atoms with van der Waals surface area (Å²) in [6.07, 6.45) is 0. The summed E-state index contributed by atoms with van der Waals surface area (Å²) in [7, 11) is 1.66. The van der Waals surface area contributed by atoms with Gasteiger partial charge in [0.25, 0.3) is 0 Å². The Labute approximate surface area is 222 Å². The van der Waals surface area contributed by atoms with E-state index >= 15 is 0 Å². The van der Waals surface area contributed by atoms with E-state index in [1.165, 1.54) is 11.1 Å². The van der Waals surface area contributed by atoms with Crippen molar-refractivity contribution in [2.24, 2.45) is 0 Å². The number of para-hydroxylation sites is 2. The first-order chi connectivity index (χ1) is 18.0. The number of Topliss-reactive ketones (excluding diaryl/α,β-unsaturated/α-hetero) is 1. The SMILES string of the molecule is COc1ccccc1N1CCNC(C(=O)c2ccc3c(c2)NC(=O)C(CSCc2ccccc2C)N3)C1. The van der Waals surface area contributed by atoms with E-state index in [4.69, 9.17) is 4.74 Å². The van der Waals surface area contributed by atoms with Gasteiger partial charge in [-0.3, -0.25) is 9.59 Å². The number of anilines is 3. The Hall–Kier alpha value is -3.49. The first-order valence-corrected chi connectivity index (χ1v) is 13.7. The molecule has 1 fully saturated rings. The number of rotatable bonds is 8. The van der Waals surface area contributed by atoms with Crippen molar-refractivity contribution < 1.29 is 14.3 Å². The lowest BCUT2D eigenvalue weighted by Gasteiger charge is -2.35. The highest BCUT2D eigenvalue weighted by Crippen LogP contribution is 2.31. The van der Waals surface area contributed by atoms with Crippen LogP contribution < -0.4 is 25.6 Å². The summed E-state index contributed by atoms with van der Waals surface area (Å²) in [4.78, 5) is 28.4. The Kier molecular flexibility index (Phi) is 7.67. The summed E-state index contributed by atoms with van der Waals surface area (Å²) in [6.45, 7) is 4.13. The topological polar surface area (TPSA) is 82.7 Å². The second-order valence-electron chi connectivity index (χ2n) is 9.38. The smallest absolute Gasteiger partial charge is 0.247 e. The van der Waals surface area contributed by atoms with Gasteiger partial charge < -0.3 is 25.6 Å². The van der Waals surface area contributed by atoms with Crippen LogP contribution in [0.2, 0.25) is 0 Å². The average molecular weight is 517 g/mol. The van der Waals surface area contributed by atoms with E-state index in [0.29, 0.717) is 30.1 Å². The number of nitrogens with one attached hydrogen (secondary N) is 3. The molecule has 7 nitrogen and oxygen atoms in total. The number of amides is 1. The number of carbonyl (C=O) groups is 2. The first kappa shape index (κ1) is 25.2. The summed E-state index contributed by atoms with van der Waals surface area (Å²) in [6, 6.07) is 21.0. The summed E-state index contributed by atoms with van der Waals surface area (Å²) < 4.78 is 5.52. The highest BCUT2D eigenvalue weighted by Gasteiger charge is 2.30. The number of piperazine rings is 1. The van der Waals surface area contributed by atoms with Gasteiger partial charge in [0.1, 0.15) is 11.8 Å². The molecule has 2 aliphatic heterocycles. The fraction of sp³-hybridized carbons (Fsp3) is 0.310. The Bertz CT molecular complexity index is 1300. The monoisotopic (exact) mass is 516 g/mol. The molecule has 0 aliphatic carbocycles. The van der Waals surface area contributed by atoms with E-state index in [-0.39, 0.29) is 23.8 Å². The molecule has 37 heavy (non-hydrogen) atoms. The zero-order valence-corrected chi connectivity index (χ0v) is 21.9. The number of nitrogens with zero attached hydrogens (tertiary/aromatic N) is 1. The minimum absolute atomic E-state index is 0.00700. The summed E-state index contributed by atoms with van der Waals surface area (Å²) >= 11 is 1.73. The molecule has 5 rings (SSSR count). The van der Waals surface area contributed by atoms with E-state index in [0.717, 1.165) is 29.4 Å². The van der Waals surface area contributed by atoms with Crippen LogP contribution in [0.15, 0.2) is 66.7 Å². The lowest BCUT2D eigenvalue weighted by Crippen LogP contribution is -2.54. The zero-order chi connectivity index (χ0) is 25.8. The average Bonchev–Trinajstić information content (AvgIpc) is 2.93. The maximum absolute atomic E-state index is 13.4. The molecule has 0 radical (unpaired) electrons. The van der Waals surface area contributed by atoms with Crippen LogP contribution in [0.4, 0.5) is 17.1 Å². The number of benzene rings is 3. The molecule has 3 aromatic rings. The van der Waals surface area contributed by atoms with Crippen molar-refractivity contribution in [2.75, 3.05) is 48.0 Å². The van der Waals surface area contributed by atoms with Crippen LogP contribution in [-0.4, -0.2) is 56.3 Å². The van der Waals surface area contributed by atoms with Gasteiger partial charge in [-0.2, -0.15) is 11.8 Å². The minimum Gasteiger partial charge on any atom is -0.495 e. The third-order valence-corrected chi connectivity index (χ3v) is 8.01. The van der Waals surface area contributed by atoms with E-state index in [9.17, 15) is 9.59 Å². The number of methoxy groups -OCH3 is 1. The molecule has 3 N–H and O–H groups in total. The van der Waals surface area contributed by atoms with Crippen LogP contribution in [-0.2, 0) is 10.5 Å². The Balaban J connectivity index is 1.23. The number of aryl methyl sites for hydroxylation is 1. The van der Waals surface area contributed by atoms with E-state index < -0.39 is 0 Å². The maximum atomic E-state index is 13.4. The number of ether oxygens (including phenoxy) is 1. The van der Waals surface area contributed by atoms with Crippen molar-refractivity contribution in [3.05, 3.63) is 83.4 Å². The van der Waals surface area contributed by atoms with E-state index in [1.807, 2.05) is 48.5 Å². The standard InChI is InChI=1S/C29H32N4O3S/c1-19-7-3-4-8-21(19)17-37-18-25-29(35)32-23-15-20(11-12-22(23)31-25)28(34)24-16-33(14-13-30-24)26-9-5-6-10-27(26)36-2/h3-12,15,24-25,30-31H,13-14,16-18H2,1-2H3,(H,32,35). The van der Waals surface area contributed by atoms with Crippen molar-refractivity contribution in [2.45, 2.75) is 24.8 Å². The Morgan fingerprint density at radius 2 is 1.89 bits per heavy atom. The van der Waals surface area contributed by atoms with Gasteiger partial charge in [0.15, 0.2) is 5.78 Å². The van der Waals surface area contributed by atoms with Crippen LogP contribution in [0.1, 0.15) is 21.5 Å². The highest BCUT2D eigenvalue weighted by molar-refractivity contribution is 7.98. The molecule has 192 valence electrons. The van der Waals surface area contributed by atoms with Gasteiger partial charge in [0, 0.05) is 36.7 Å². The molecular formula is C29H32N4O3S. The lowest BCUT2D eigenvalue weighted by atomic mass is 9.99. The van der Waals surface area contributed by atoms with Crippen LogP contribution in [0.3, 0.4) is 0 Å². The molecule has 8 heteroatoms. The van der Waals surface area contributed by atoms with Crippen molar-refractivity contribution in [3.63, 3.8) is 0 Å². The van der Waals surface area contributed by atoms with Gasteiger partial charge in [-0.15, -0.1) is 0 Å². The van der Waals surface area contributed by atoms with Crippen LogP contribution in [0.25, 0.3) is 0 Å². The second kappa shape index (κ2) is 11.3. The predicted molar refractivity (Wildman–Crippen MR) is 151 cm³/mol. The van der Waals surface area contributed by atoms with Crippen LogP contribution in [0, 0.1) is 6.92 Å². The van der Waals surface area contributed by atoms with Crippen molar-refractivity contribution in [3.8, 4) is 5.75 Å². The van der Waals surface area contributed by atoms with Crippen LogP contribution in [0.5, 0.6) is 5.75 Å². The third kappa shape index (κ3) is 5.60. The molecule has 2 aliphatic rings. The molecule has 2 heterocycles. The van der Waals surface area contributed by atoms with E-state index in [1.54, 1.807) is 24.9 Å². The molecular weight excluding hydrogens is 484 g/mol. The predicted octanol–water partition coefficient (Wildman–Crippen LogP) is 4.33. The zero-order valence-electron chi connectivity index (χ0n) is 21.1. The molecule has 2 atom stereocenters. The molecule has 3 aromatic carbocycles. The van der Waals surface area contributed by atoms with E-state index in [2.05, 4.69) is 39.9 Å². The fourth-order valence-electron chi connectivity index (χ4n) is 4.81. The molecule has 0 spiro atoms. The van der Waals surface area contributed by atoms with Crippen LogP contribution >= 0.6 is 11.8 Å². The van der Waals surface area contributed by atoms with Gasteiger partial charge >= 0.3 is 0 Å². The van der Waals surface area contributed by atoms with Crippen molar-refractivity contribution in [1.29, 1.82) is 0 Å². The summed E-state index contributed by atoms with van der Waals surface area (Å²) in [5, 5.41) is 9.71. The quantitative estimate of drug-likeness (QED) is 0.385. The highest BCUT2D eigenvalue weighted by atomic mass is 32.2.